The lowest BCUT2D eigenvalue weighted by Gasteiger charge is -2.59. The largest absolute Gasteiger partial charge is 0.478 e. The maximum absolute atomic E-state index is 12.2. The molecule has 1 saturated carbocycles. The first-order valence-corrected chi connectivity index (χ1v) is 7.36. The molecule has 22 heavy (non-hydrogen) atoms. The summed E-state index contributed by atoms with van der Waals surface area (Å²) in [6, 6.07) is 6.53. The first-order chi connectivity index (χ1) is 10.2. The molecule has 5 heteroatoms. The van der Waals surface area contributed by atoms with Crippen molar-refractivity contribution in [1.29, 1.82) is 0 Å². The van der Waals surface area contributed by atoms with Crippen LogP contribution in [0.4, 0.5) is 0 Å². The van der Waals surface area contributed by atoms with E-state index in [1.807, 2.05) is 6.92 Å². The summed E-state index contributed by atoms with van der Waals surface area (Å²) in [7, 11) is 1.69. The average Bonchev–Trinajstić information content (AvgIpc) is 2.46. The van der Waals surface area contributed by atoms with Gasteiger partial charge in [-0.05, 0) is 31.0 Å². The molecule has 0 spiro atoms. The van der Waals surface area contributed by atoms with E-state index in [4.69, 9.17) is 9.84 Å². The van der Waals surface area contributed by atoms with Crippen LogP contribution in [-0.2, 0) is 16.0 Å². The van der Waals surface area contributed by atoms with Crippen molar-refractivity contribution < 1.29 is 19.4 Å². The third-order valence-electron chi connectivity index (χ3n) is 5.15. The Morgan fingerprint density at radius 2 is 2.05 bits per heavy atom. The predicted octanol–water partition coefficient (Wildman–Crippen LogP) is 2.25. The van der Waals surface area contributed by atoms with Crippen LogP contribution in [-0.4, -0.2) is 35.7 Å². The predicted molar refractivity (Wildman–Crippen MR) is 82.8 cm³/mol. The molecule has 1 aromatic carbocycles. The normalized spacial score (nSPS) is 26.1. The Morgan fingerprint density at radius 1 is 1.36 bits per heavy atom. The van der Waals surface area contributed by atoms with E-state index in [1.54, 1.807) is 19.2 Å². The van der Waals surface area contributed by atoms with Crippen LogP contribution in [0.25, 0.3) is 0 Å². The van der Waals surface area contributed by atoms with Gasteiger partial charge in [-0.2, -0.15) is 0 Å². The highest BCUT2D eigenvalue weighted by Gasteiger charge is 2.58. The monoisotopic (exact) mass is 305 g/mol. The number of hydrogen-bond acceptors (Lipinski definition) is 3. The number of amides is 1. The summed E-state index contributed by atoms with van der Waals surface area (Å²) in [5.41, 5.74) is 0.527. The lowest BCUT2D eigenvalue weighted by atomic mass is 9.56. The van der Waals surface area contributed by atoms with Crippen molar-refractivity contribution in [2.75, 3.05) is 7.11 Å². The van der Waals surface area contributed by atoms with E-state index in [9.17, 15) is 9.59 Å². The third-order valence-corrected chi connectivity index (χ3v) is 5.15. The average molecular weight is 305 g/mol. The quantitative estimate of drug-likeness (QED) is 0.875. The Kier molecular flexibility index (Phi) is 4.29. The third kappa shape index (κ3) is 2.86. The number of carbonyl (C=O) groups is 2. The maximum atomic E-state index is 12.2. The van der Waals surface area contributed by atoms with Crippen molar-refractivity contribution in [2.45, 2.75) is 45.3 Å². The number of carboxylic acids is 1. The van der Waals surface area contributed by atoms with Crippen LogP contribution < -0.4 is 5.32 Å². The lowest BCUT2D eigenvalue weighted by molar-refractivity contribution is -0.182. The molecule has 2 atom stereocenters. The zero-order chi connectivity index (χ0) is 16.5. The van der Waals surface area contributed by atoms with Crippen molar-refractivity contribution in [3.05, 3.63) is 35.4 Å². The van der Waals surface area contributed by atoms with Gasteiger partial charge in [0.25, 0.3) is 0 Å². The lowest BCUT2D eigenvalue weighted by Crippen LogP contribution is -2.68. The van der Waals surface area contributed by atoms with Gasteiger partial charge in [0.15, 0.2) is 0 Å². The Morgan fingerprint density at radius 3 is 2.59 bits per heavy atom. The number of aromatic carboxylic acids is 1. The SMILES string of the molecule is COC1(C)CC(NC(=O)Cc2cccc(C(=O)O)c2)C1(C)C. The van der Waals surface area contributed by atoms with Crippen LogP contribution in [0.2, 0.25) is 0 Å². The topological polar surface area (TPSA) is 75.6 Å². The number of benzene rings is 1. The molecule has 0 saturated heterocycles. The van der Waals surface area contributed by atoms with Gasteiger partial charge in [-0.15, -0.1) is 0 Å². The van der Waals surface area contributed by atoms with Crippen molar-refractivity contribution in [3.63, 3.8) is 0 Å². The Balaban J connectivity index is 1.97. The van der Waals surface area contributed by atoms with Gasteiger partial charge in [-0.1, -0.05) is 26.0 Å². The molecule has 1 aromatic rings. The molecule has 1 aliphatic rings. The molecule has 0 aliphatic heterocycles. The van der Waals surface area contributed by atoms with E-state index >= 15 is 0 Å². The molecule has 0 aromatic heterocycles. The second-order valence-electron chi connectivity index (χ2n) is 6.66. The number of ether oxygens (including phenoxy) is 1. The van der Waals surface area contributed by atoms with E-state index in [0.29, 0.717) is 5.56 Å². The molecule has 0 heterocycles. The second-order valence-corrected chi connectivity index (χ2v) is 6.66. The van der Waals surface area contributed by atoms with Gasteiger partial charge < -0.3 is 15.2 Å². The van der Waals surface area contributed by atoms with Gasteiger partial charge in [-0.25, -0.2) is 4.79 Å². The van der Waals surface area contributed by atoms with Crippen molar-refractivity contribution in [3.8, 4) is 0 Å². The van der Waals surface area contributed by atoms with Crippen LogP contribution >= 0.6 is 0 Å². The fraction of sp³-hybridized carbons (Fsp3) is 0.529. The molecule has 1 amide bonds. The van der Waals surface area contributed by atoms with E-state index in [1.165, 1.54) is 12.1 Å². The summed E-state index contributed by atoms with van der Waals surface area (Å²) in [5.74, 6) is -1.09. The van der Waals surface area contributed by atoms with Gasteiger partial charge in [-0.3, -0.25) is 4.79 Å². The molecule has 2 rings (SSSR count). The van der Waals surface area contributed by atoms with Crippen molar-refractivity contribution >= 4 is 11.9 Å². The first-order valence-electron chi connectivity index (χ1n) is 7.36. The summed E-state index contributed by atoms with van der Waals surface area (Å²) < 4.78 is 5.54. The molecule has 1 fully saturated rings. The minimum Gasteiger partial charge on any atom is -0.478 e. The highest BCUT2D eigenvalue weighted by atomic mass is 16.5. The maximum Gasteiger partial charge on any atom is 0.335 e. The Hall–Kier alpha value is -1.88. The number of carboxylic acid groups (broad SMARTS) is 1. The molecular formula is C17H23NO4. The van der Waals surface area contributed by atoms with Gasteiger partial charge >= 0.3 is 5.97 Å². The second kappa shape index (κ2) is 5.72. The number of nitrogens with one attached hydrogen (secondary N) is 1. The standard InChI is InChI=1S/C17H23NO4/c1-16(2)13(10-17(16,3)22-4)18-14(19)9-11-6-5-7-12(8-11)15(20)21/h5-8,13H,9-10H2,1-4H3,(H,18,19)(H,20,21). The van der Waals surface area contributed by atoms with Crippen LogP contribution in [0.15, 0.2) is 24.3 Å². The van der Waals surface area contributed by atoms with Crippen molar-refractivity contribution in [1.82, 2.24) is 5.32 Å². The molecule has 2 unspecified atom stereocenters. The smallest absolute Gasteiger partial charge is 0.335 e. The summed E-state index contributed by atoms with van der Waals surface area (Å²) in [6.45, 7) is 6.21. The molecular weight excluding hydrogens is 282 g/mol. The van der Waals surface area contributed by atoms with E-state index in [0.717, 1.165) is 6.42 Å². The van der Waals surface area contributed by atoms with Crippen LogP contribution in [0.5, 0.6) is 0 Å². The van der Waals surface area contributed by atoms with Gasteiger partial charge in [0.05, 0.1) is 17.6 Å². The van der Waals surface area contributed by atoms with E-state index in [-0.39, 0.29) is 34.9 Å². The molecule has 5 nitrogen and oxygen atoms in total. The number of methoxy groups -OCH3 is 1. The molecule has 0 bridgehead atoms. The number of rotatable bonds is 5. The molecule has 1 aliphatic carbocycles. The fourth-order valence-electron chi connectivity index (χ4n) is 2.97. The summed E-state index contributed by atoms with van der Waals surface area (Å²) in [4.78, 5) is 23.1. The zero-order valence-corrected chi connectivity index (χ0v) is 13.5. The Bertz CT molecular complexity index is 596. The highest BCUT2D eigenvalue weighted by molar-refractivity contribution is 5.88. The van der Waals surface area contributed by atoms with Crippen LogP contribution in [0.1, 0.15) is 43.1 Å². The van der Waals surface area contributed by atoms with Gasteiger partial charge in [0.1, 0.15) is 0 Å². The molecule has 2 N–H and O–H groups in total. The van der Waals surface area contributed by atoms with E-state index in [2.05, 4.69) is 19.2 Å². The summed E-state index contributed by atoms with van der Waals surface area (Å²) in [6.07, 6.45) is 0.953. The fourth-order valence-corrected chi connectivity index (χ4v) is 2.97. The van der Waals surface area contributed by atoms with E-state index < -0.39 is 5.97 Å². The molecule has 0 radical (unpaired) electrons. The highest BCUT2D eigenvalue weighted by Crippen LogP contribution is 2.51. The summed E-state index contributed by atoms with van der Waals surface area (Å²) >= 11 is 0. The minimum atomic E-state index is -0.988. The zero-order valence-electron chi connectivity index (χ0n) is 13.5. The van der Waals surface area contributed by atoms with Gasteiger partial charge in [0, 0.05) is 18.6 Å². The van der Waals surface area contributed by atoms with Gasteiger partial charge in [0.2, 0.25) is 5.91 Å². The number of hydrogen-bond donors (Lipinski definition) is 2. The van der Waals surface area contributed by atoms with Crippen LogP contribution in [0.3, 0.4) is 0 Å². The molecule has 120 valence electrons. The minimum absolute atomic E-state index is 0.0626. The number of carbonyl (C=O) groups excluding carboxylic acids is 1. The Labute approximate surface area is 130 Å². The van der Waals surface area contributed by atoms with Crippen molar-refractivity contribution in [2.24, 2.45) is 5.41 Å². The first kappa shape index (κ1) is 16.5. The summed E-state index contributed by atoms with van der Waals surface area (Å²) in [5, 5.41) is 12.0. The van der Waals surface area contributed by atoms with Crippen LogP contribution in [0, 0.1) is 5.41 Å².